The van der Waals surface area contributed by atoms with Crippen LogP contribution in [0.15, 0.2) is 78.3 Å². The maximum absolute atomic E-state index is 13.7. The van der Waals surface area contributed by atoms with Crippen LogP contribution in [0.3, 0.4) is 0 Å². The third-order valence-corrected chi connectivity index (χ3v) is 7.08. The molecule has 3 atom stereocenters. The lowest BCUT2D eigenvalue weighted by molar-refractivity contribution is 0.0875. The highest BCUT2D eigenvalue weighted by atomic mass is 32.1. The summed E-state index contributed by atoms with van der Waals surface area (Å²) in [6, 6.07) is 24.3. The van der Waals surface area contributed by atoms with Gasteiger partial charge >= 0.3 is 0 Å². The van der Waals surface area contributed by atoms with E-state index in [2.05, 4.69) is 12.1 Å². The van der Waals surface area contributed by atoms with E-state index in [0.717, 1.165) is 16.0 Å². The lowest BCUT2D eigenvalue weighted by Gasteiger charge is -2.34. The Morgan fingerprint density at radius 1 is 0.967 bits per heavy atom. The smallest absolute Gasteiger partial charge is 0.185 e. The molecule has 2 aliphatic rings. The molecule has 3 aromatic rings. The summed E-state index contributed by atoms with van der Waals surface area (Å²) in [5.41, 5.74) is 1.09. The Kier molecular flexibility index (Phi) is 4.28. The summed E-state index contributed by atoms with van der Waals surface area (Å²) < 4.78 is 0. The summed E-state index contributed by atoms with van der Waals surface area (Å²) in [6.07, 6.45) is 3.85. The second-order valence-corrected chi connectivity index (χ2v) is 8.53. The van der Waals surface area contributed by atoms with Crippen molar-refractivity contribution in [3.63, 3.8) is 0 Å². The number of hydrogen-bond donors (Lipinski definition) is 0. The number of carbonyl (C=O) groups excluding carboxylic acids is 1. The van der Waals surface area contributed by atoms with Crippen LogP contribution >= 0.6 is 11.3 Å². The Morgan fingerprint density at radius 2 is 1.70 bits per heavy atom. The predicted molar refractivity (Wildman–Crippen MR) is 115 cm³/mol. The molecule has 1 saturated heterocycles. The zero-order chi connectivity index (χ0) is 20.7. The van der Waals surface area contributed by atoms with Crippen LogP contribution in [-0.2, 0) is 0 Å². The zero-order valence-corrected chi connectivity index (χ0v) is 16.8. The minimum atomic E-state index is -1.39. The molecule has 0 unspecified atom stereocenters. The molecule has 2 aromatic carbocycles. The summed E-state index contributed by atoms with van der Waals surface area (Å²) in [5.74, 6) is -0.628. The largest absolute Gasteiger partial charge is 0.357 e. The molecule has 0 bridgehead atoms. The fraction of sp³-hybridized carbons (Fsp3) is 0.160. The average molecular weight is 407 g/mol. The molecule has 3 heterocycles. The number of Topliss-reactive ketones (excluding diaryl/α,β-unsaturated/α-hetero) is 1. The number of rotatable bonds is 3. The van der Waals surface area contributed by atoms with Crippen LogP contribution in [0.5, 0.6) is 0 Å². The molecule has 1 fully saturated rings. The lowest BCUT2D eigenvalue weighted by atomic mass is 9.69. The van der Waals surface area contributed by atoms with Crippen LogP contribution in [0.25, 0.3) is 6.08 Å². The molecule has 0 N–H and O–H groups in total. The first-order valence-corrected chi connectivity index (χ1v) is 10.6. The minimum Gasteiger partial charge on any atom is -0.357 e. The van der Waals surface area contributed by atoms with Crippen molar-refractivity contribution in [3.05, 3.63) is 99.9 Å². The van der Waals surface area contributed by atoms with Gasteiger partial charge in [-0.2, -0.15) is 10.5 Å². The second-order valence-electron chi connectivity index (χ2n) is 7.56. The van der Waals surface area contributed by atoms with E-state index < -0.39 is 23.4 Å². The molecule has 5 rings (SSSR count). The van der Waals surface area contributed by atoms with Gasteiger partial charge in [0.1, 0.15) is 6.04 Å². The summed E-state index contributed by atoms with van der Waals surface area (Å²) in [7, 11) is 0. The molecule has 0 saturated carbocycles. The molecule has 144 valence electrons. The Balaban J connectivity index is 1.77. The third-order valence-electron chi connectivity index (χ3n) is 6.12. The SMILES string of the molecule is N#CC1(C#N)[C@@H]2c3ccccc3C=CN2[C@@H](C(=O)c2ccccc2)[C@@H]1c1cccs1. The van der Waals surface area contributed by atoms with E-state index in [1.807, 2.05) is 77.2 Å². The Morgan fingerprint density at radius 3 is 2.40 bits per heavy atom. The number of ketones is 1. The van der Waals surface area contributed by atoms with Crippen molar-refractivity contribution in [2.45, 2.75) is 18.0 Å². The summed E-state index contributed by atoms with van der Waals surface area (Å²) in [6.45, 7) is 0. The van der Waals surface area contributed by atoms with Gasteiger partial charge in [-0.15, -0.1) is 11.3 Å². The molecule has 4 nitrogen and oxygen atoms in total. The first-order chi connectivity index (χ1) is 14.7. The van der Waals surface area contributed by atoms with Gasteiger partial charge in [-0.25, -0.2) is 0 Å². The van der Waals surface area contributed by atoms with Crippen molar-refractivity contribution < 1.29 is 4.79 Å². The molecule has 5 heteroatoms. The maximum atomic E-state index is 13.7. The monoisotopic (exact) mass is 407 g/mol. The van der Waals surface area contributed by atoms with Crippen molar-refractivity contribution in [2.75, 3.05) is 0 Å². The first-order valence-electron chi connectivity index (χ1n) is 9.71. The normalized spacial score (nSPS) is 23.1. The summed E-state index contributed by atoms with van der Waals surface area (Å²) >= 11 is 1.49. The van der Waals surface area contributed by atoms with Gasteiger partial charge in [0, 0.05) is 16.6 Å². The number of nitrogens with zero attached hydrogens (tertiary/aromatic N) is 3. The Labute approximate surface area is 178 Å². The van der Waals surface area contributed by atoms with Crippen molar-refractivity contribution in [3.8, 4) is 12.1 Å². The van der Waals surface area contributed by atoms with Crippen molar-refractivity contribution in [1.82, 2.24) is 4.90 Å². The summed E-state index contributed by atoms with van der Waals surface area (Å²) in [4.78, 5) is 16.6. The van der Waals surface area contributed by atoms with Gasteiger partial charge in [0.05, 0.1) is 24.1 Å². The van der Waals surface area contributed by atoms with E-state index in [-0.39, 0.29) is 5.78 Å². The lowest BCUT2D eigenvalue weighted by Crippen LogP contribution is -2.37. The van der Waals surface area contributed by atoms with Gasteiger partial charge in [0.15, 0.2) is 11.2 Å². The maximum Gasteiger partial charge on any atom is 0.185 e. The molecular formula is C25H17N3OS. The second kappa shape index (κ2) is 6.99. The van der Waals surface area contributed by atoms with Gasteiger partial charge in [-0.05, 0) is 28.6 Å². The fourth-order valence-electron chi connectivity index (χ4n) is 4.84. The first kappa shape index (κ1) is 18.4. The minimum absolute atomic E-state index is 0.0737. The van der Waals surface area contributed by atoms with Crippen LogP contribution in [0, 0.1) is 28.1 Å². The predicted octanol–water partition coefficient (Wildman–Crippen LogP) is 5.16. The number of fused-ring (bicyclic) bond motifs is 3. The Hall–Kier alpha value is -3.67. The van der Waals surface area contributed by atoms with Crippen LogP contribution in [-0.4, -0.2) is 16.7 Å². The van der Waals surface area contributed by atoms with Crippen molar-refractivity contribution in [1.29, 1.82) is 10.5 Å². The van der Waals surface area contributed by atoms with Crippen LogP contribution in [0.4, 0.5) is 0 Å². The molecule has 1 aromatic heterocycles. The van der Waals surface area contributed by atoms with Crippen molar-refractivity contribution >= 4 is 23.2 Å². The highest BCUT2D eigenvalue weighted by molar-refractivity contribution is 7.10. The van der Waals surface area contributed by atoms with Gasteiger partial charge in [-0.3, -0.25) is 4.79 Å². The quantitative estimate of drug-likeness (QED) is 0.563. The molecule has 0 radical (unpaired) electrons. The molecular weight excluding hydrogens is 390 g/mol. The average Bonchev–Trinajstić information content (AvgIpc) is 3.43. The van der Waals surface area contributed by atoms with Crippen LogP contribution < -0.4 is 0 Å². The number of nitriles is 2. The fourth-order valence-corrected chi connectivity index (χ4v) is 5.78. The van der Waals surface area contributed by atoms with Gasteiger partial charge in [0.25, 0.3) is 0 Å². The molecule has 0 aliphatic carbocycles. The van der Waals surface area contributed by atoms with Gasteiger partial charge < -0.3 is 4.90 Å². The molecule has 30 heavy (non-hydrogen) atoms. The number of benzene rings is 2. The van der Waals surface area contributed by atoms with Crippen LogP contribution in [0.1, 0.15) is 38.3 Å². The van der Waals surface area contributed by atoms with E-state index in [4.69, 9.17) is 0 Å². The van der Waals surface area contributed by atoms with Gasteiger partial charge in [0.2, 0.25) is 0 Å². The standard InChI is InChI=1S/C25H17N3OS/c26-15-25(16-27)21(20-11-6-14-30-20)22(23(29)18-8-2-1-3-9-18)28-13-12-17-7-4-5-10-19(17)24(25)28/h1-14,21-22,24H/t21-,22+,24-/m0/s1. The molecule has 0 spiro atoms. The van der Waals surface area contributed by atoms with E-state index >= 15 is 0 Å². The number of hydrogen-bond acceptors (Lipinski definition) is 5. The topological polar surface area (TPSA) is 67.9 Å². The number of thiophene rings is 1. The summed E-state index contributed by atoms with van der Waals surface area (Å²) in [5, 5.41) is 22.7. The molecule has 2 aliphatic heterocycles. The van der Waals surface area contributed by atoms with E-state index in [1.165, 1.54) is 11.3 Å². The highest BCUT2D eigenvalue weighted by Crippen LogP contribution is 2.60. The van der Waals surface area contributed by atoms with E-state index in [9.17, 15) is 15.3 Å². The number of carbonyl (C=O) groups is 1. The zero-order valence-electron chi connectivity index (χ0n) is 16.0. The molecule has 0 amide bonds. The highest BCUT2D eigenvalue weighted by Gasteiger charge is 2.64. The van der Waals surface area contributed by atoms with E-state index in [0.29, 0.717) is 5.56 Å². The van der Waals surface area contributed by atoms with Crippen LogP contribution in [0.2, 0.25) is 0 Å². The van der Waals surface area contributed by atoms with Gasteiger partial charge in [-0.1, -0.05) is 60.7 Å². The third kappa shape index (κ3) is 2.46. The van der Waals surface area contributed by atoms with Crippen molar-refractivity contribution in [2.24, 2.45) is 5.41 Å². The van der Waals surface area contributed by atoms with E-state index in [1.54, 1.807) is 12.1 Å². The Bertz CT molecular complexity index is 1200.